The van der Waals surface area contributed by atoms with Crippen LogP contribution in [0.15, 0.2) is 51.3 Å². The standard InChI is InChI=1S/C29H36BrN3O5/c1-5-8-19-13-23-28(24(34)14-19)27(21(17-31)18(3)33-23)20-15-22(30)29(25(16-20)37-6-2)38-11-7-9-26(35)32-10-12-36-4/h7,9,15-16,19,27,33H,5-6,8,10-14H2,1-4H3,(H,32,35). The molecule has 0 spiro atoms. The Hall–Kier alpha value is -3.09. The second-order valence-electron chi connectivity index (χ2n) is 9.35. The molecule has 0 radical (unpaired) electrons. The number of ketones is 1. The molecule has 1 aromatic carbocycles. The number of benzene rings is 1. The van der Waals surface area contributed by atoms with E-state index in [1.165, 1.54) is 6.08 Å². The van der Waals surface area contributed by atoms with E-state index >= 15 is 0 Å². The van der Waals surface area contributed by atoms with E-state index in [0.717, 1.165) is 36.2 Å². The maximum absolute atomic E-state index is 13.4. The van der Waals surface area contributed by atoms with Crippen molar-refractivity contribution in [3.05, 3.63) is 56.9 Å². The minimum atomic E-state index is -0.480. The largest absolute Gasteiger partial charge is 0.490 e. The third-order valence-electron chi connectivity index (χ3n) is 6.59. The van der Waals surface area contributed by atoms with Crippen molar-refractivity contribution >= 4 is 27.6 Å². The Labute approximate surface area is 233 Å². The SMILES string of the molecule is CCCC1CC(=O)C2=C(C1)NC(C)=C(C#N)C2c1cc(Br)c(OCC=CC(=O)NCCOC)c(OCC)c1. The lowest BCUT2D eigenvalue weighted by atomic mass is 9.72. The number of allylic oxidation sites excluding steroid dienone is 4. The van der Waals surface area contributed by atoms with Crippen molar-refractivity contribution in [2.24, 2.45) is 5.92 Å². The van der Waals surface area contributed by atoms with Crippen molar-refractivity contribution in [3.63, 3.8) is 0 Å². The second kappa shape index (κ2) is 14.2. The quantitative estimate of drug-likeness (QED) is 0.260. The van der Waals surface area contributed by atoms with Crippen molar-refractivity contribution in [2.45, 2.75) is 52.4 Å². The topological polar surface area (TPSA) is 110 Å². The molecule has 2 N–H and O–H groups in total. The van der Waals surface area contributed by atoms with Crippen molar-refractivity contribution in [1.29, 1.82) is 5.26 Å². The third-order valence-corrected chi connectivity index (χ3v) is 7.18. The Morgan fingerprint density at radius 3 is 2.76 bits per heavy atom. The van der Waals surface area contributed by atoms with Crippen LogP contribution in [0.1, 0.15) is 57.9 Å². The van der Waals surface area contributed by atoms with Crippen LogP contribution in [0.25, 0.3) is 0 Å². The first-order chi connectivity index (χ1) is 18.3. The van der Waals surface area contributed by atoms with E-state index in [2.05, 4.69) is 39.6 Å². The van der Waals surface area contributed by atoms with Crippen LogP contribution in [0, 0.1) is 17.2 Å². The van der Waals surface area contributed by atoms with Crippen LogP contribution in [-0.2, 0) is 14.3 Å². The zero-order valence-corrected chi connectivity index (χ0v) is 24.1. The number of ether oxygens (including phenoxy) is 3. The van der Waals surface area contributed by atoms with E-state index in [4.69, 9.17) is 14.2 Å². The molecule has 0 saturated heterocycles. The molecule has 38 heavy (non-hydrogen) atoms. The van der Waals surface area contributed by atoms with Gasteiger partial charge in [0.15, 0.2) is 17.3 Å². The highest BCUT2D eigenvalue weighted by Gasteiger charge is 2.39. The van der Waals surface area contributed by atoms with Gasteiger partial charge in [-0.25, -0.2) is 0 Å². The molecule has 0 saturated carbocycles. The molecule has 2 unspecified atom stereocenters. The molecule has 1 amide bonds. The summed E-state index contributed by atoms with van der Waals surface area (Å²) in [6, 6.07) is 6.07. The number of Topliss-reactive ketones (excluding diaryl/α,β-unsaturated/α-hetero) is 1. The van der Waals surface area contributed by atoms with E-state index in [0.29, 0.717) is 59.2 Å². The summed E-state index contributed by atoms with van der Waals surface area (Å²) in [4.78, 5) is 25.3. The molecule has 3 rings (SSSR count). The molecule has 2 aliphatic rings. The van der Waals surface area contributed by atoms with Crippen LogP contribution in [-0.4, -0.2) is 45.2 Å². The number of dihydropyridines is 1. The summed E-state index contributed by atoms with van der Waals surface area (Å²) in [7, 11) is 1.57. The molecule has 9 heteroatoms. The number of hydrogen-bond acceptors (Lipinski definition) is 7. The highest BCUT2D eigenvalue weighted by molar-refractivity contribution is 9.10. The minimum absolute atomic E-state index is 0.0887. The van der Waals surface area contributed by atoms with Crippen LogP contribution in [0.3, 0.4) is 0 Å². The number of carbonyl (C=O) groups excluding carboxylic acids is 2. The van der Waals surface area contributed by atoms with Crippen molar-refractivity contribution < 1.29 is 23.8 Å². The first kappa shape index (κ1) is 29.5. The van der Waals surface area contributed by atoms with Crippen LogP contribution in [0.5, 0.6) is 11.5 Å². The van der Waals surface area contributed by atoms with Gasteiger partial charge in [0.25, 0.3) is 0 Å². The van der Waals surface area contributed by atoms with Gasteiger partial charge in [-0.15, -0.1) is 0 Å². The molecule has 204 valence electrons. The molecule has 0 bridgehead atoms. The van der Waals surface area contributed by atoms with Gasteiger partial charge < -0.3 is 24.8 Å². The first-order valence-electron chi connectivity index (χ1n) is 13.0. The van der Waals surface area contributed by atoms with E-state index < -0.39 is 5.92 Å². The molecule has 0 fully saturated rings. The summed E-state index contributed by atoms with van der Waals surface area (Å²) in [5, 5.41) is 16.1. The Morgan fingerprint density at radius 2 is 2.08 bits per heavy atom. The summed E-state index contributed by atoms with van der Waals surface area (Å²) in [5.41, 5.74) is 3.67. The fourth-order valence-corrected chi connectivity index (χ4v) is 5.57. The zero-order chi connectivity index (χ0) is 27.7. The lowest BCUT2D eigenvalue weighted by Crippen LogP contribution is -2.34. The number of rotatable bonds is 12. The molecule has 1 aliphatic carbocycles. The van der Waals surface area contributed by atoms with Crippen LogP contribution in [0.2, 0.25) is 0 Å². The molecule has 1 aliphatic heterocycles. The van der Waals surface area contributed by atoms with Gasteiger partial charge >= 0.3 is 0 Å². The molecule has 1 aromatic rings. The molecule has 8 nitrogen and oxygen atoms in total. The van der Waals surface area contributed by atoms with E-state index in [1.807, 2.05) is 26.0 Å². The van der Waals surface area contributed by atoms with Crippen LogP contribution >= 0.6 is 15.9 Å². The zero-order valence-electron chi connectivity index (χ0n) is 22.5. The maximum atomic E-state index is 13.4. The molecule has 0 aromatic heterocycles. The maximum Gasteiger partial charge on any atom is 0.243 e. The molecular weight excluding hydrogens is 550 g/mol. The summed E-state index contributed by atoms with van der Waals surface area (Å²) in [6.45, 7) is 7.32. The van der Waals surface area contributed by atoms with E-state index in [9.17, 15) is 14.9 Å². The fraction of sp³-hybridized carbons (Fsp3) is 0.483. The van der Waals surface area contributed by atoms with E-state index in [-0.39, 0.29) is 18.3 Å². The predicted octanol–water partition coefficient (Wildman–Crippen LogP) is 5.06. The Bertz CT molecular complexity index is 1180. The lowest BCUT2D eigenvalue weighted by Gasteiger charge is -2.35. The number of nitriles is 1. The highest BCUT2D eigenvalue weighted by atomic mass is 79.9. The smallest absolute Gasteiger partial charge is 0.243 e. The Kier molecular flexibility index (Phi) is 11.0. The van der Waals surface area contributed by atoms with Crippen molar-refractivity contribution in [1.82, 2.24) is 10.6 Å². The molecular formula is C29H36BrN3O5. The second-order valence-corrected chi connectivity index (χ2v) is 10.2. The Morgan fingerprint density at radius 1 is 1.29 bits per heavy atom. The number of nitrogens with one attached hydrogen (secondary N) is 2. The van der Waals surface area contributed by atoms with Crippen LogP contribution in [0.4, 0.5) is 0 Å². The van der Waals surface area contributed by atoms with Crippen molar-refractivity contribution in [3.8, 4) is 17.6 Å². The Balaban J connectivity index is 1.91. The normalized spacial score (nSPS) is 19.2. The molecule has 1 heterocycles. The minimum Gasteiger partial charge on any atom is -0.490 e. The number of hydrogen-bond donors (Lipinski definition) is 2. The summed E-state index contributed by atoms with van der Waals surface area (Å²) >= 11 is 3.61. The summed E-state index contributed by atoms with van der Waals surface area (Å²) in [5.74, 6) is 0.673. The average Bonchev–Trinajstić information content (AvgIpc) is 2.87. The average molecular weight is 587 g/mol. The van der Waals surface area contributed by atoms with Crippen LogP contribution < -0.4 is 20.1 Å². The monoisotopic (exact) mass is 585 g/mol. The van der Waals surface area contributed by atoms with Crippen molar-refractivity contribution in [2.75, 3.05) is 33.5 Å². The highest BCUT2D eigenvalue weighted by Crippen LogP contribution is 2.47. The lowest BCUT2D eigenvalue weighted by molar-refractivity contribution is -0.117. The number of carbonyl (C=O) groups is 2. The summed E-state index contributed by atoms with van der Waals surface area (Å²) in [6.07, 6.45) is 6.35. The first-order valence-corrected chi connectivity index (χ1v) is 13.8. The van der Waals surface area contributed by atoms with E-state index in [1.54, 1.807) is 13.2 Å². The summed E-state index contributed by atoms with van der Waals surface area (Å²) < 4.78 is 17.4. The molecule has 2 atom stereocenters. The number of methoxy groups -OCH3 is 1. The van der Waals surface area contributed by atoms with Gasteiger partial charge in [-0.3, -0.25) is 9.59 Å². The number of amides is 1. The van der Waals surface area contributed by atoms with Gasteiger partial charge in [-0.2, -0.15) is 5.26 Å². The number of nitrogens with zero attached hydrogens (tertiary/aromatic N) is 1. The third kappa shape index (κ3) is 7.06. The van der Waals surface area contributed by atoms with Gasteiger partial charge in [-0.05, 0) is 72.3 Å². The van der Waals surface area contributed by atoms with Gasteiger partial charge in [0.05, 0.1) is 35.2 Å². The number of halogens is 1. The van der Waals surface area contributed by atoms with Gasteiger partial charge in [-0.1, -0.05) is 13.3 Å². The van der Waals surface area contributed by atoms with Gasteiger partial charge in [0, 0.05) is 43.1 Å². The van der Waals surface area contributed by atoms with Gasteiger partial charge in [0.1, 0.15) is 6.61 Å². The predicted molar refractivity (Wildman–Crippen MR) is 149 cm³/mol. The van der Waals surface area contributed by atoms with Gasteiger partial charge in [0.2, 0.25) is 5.91 Å². The fourth-order valence-electron chi connectivity index (χ4n) is 4.99.